The summed E-state index contributed by atoms with van der Waals surface area (Å²) in [5.41, 5.74) is 1.20. The molecule has 1 amide bonds. The molecule has 1 aliphatic heterocycles. The Morgan fingerprint density at radius 2 is 2.04 bits per heavy atom. The van der Waals surface area contributed by atoms with Gasteiger partial charge in [-0.2, -0.15) is 0 Å². The molecule has 0 saturated heterocycles. The highest BCUT2D eigenvalue weighted by molar-refractivity contribution is 7.89. The SMILES string of the molecule is COCCNS(=O)(=O)c1cccc(C(=O)N[C@@H]2CCOc3ccccc32)c1. The fourth-order valence-corrected chi connectivity index (χ4v) is 3.96. The Balaban J connectivity index is 1.75. The Bertz CT molecular complexity index is 914. The van der Waals surface area contributed by atoms with Gasteiger partial charge in [0.05, 0.1) is 24.2 Å². The van der Waals surface area contributed by atoms with Gasteiger partial charge in [0.15, 0.2) is 0 Å². The fourth-order valence-electron chi connectivity index (χ4n) is 2.90. The maximum Gasteiger partial charge on any atom is 0.251 e. The number of carbonyl (C=O) groups is 1. The molecule has 8 heteroatoms. The first kappa shape index (κ1) is 19.3. The zero-order valence-corrected chi connectivity index (χ0v) is 15.8. The van der Waals surface area contributed by atoms with E-state index >= 15 is 0 Å². The number of amides is 1. The van der Waals surface area contributed by atoms with Crippen LogP contribution in [0.3, 0.4) is 0 Å². The molecule has 0 saturated carbocycles. The van der Waals surface area contributed by atoms with Gasteiger partial charge in [-0.15, -0.1) is 0 Å². The standard InChI is InChI=1S/C19H22N2O5S/c1-25-12-10-20-27(23,24)15-6-4-5-14(13-15)19(22)21-17-9-11-26-18-8-3-2-7-16(17)18/h2-8,13,17,20H,9-12H2,1H3,(H,21,22)/t17-/m1/s1. The average molecular weight is 390 g/mol. The molecule has 3 rings (SSSR count). The largest absolute Gasteiger partial charge is 0.493 e. The first-order chi connectivity index (χ1) is 13.0. The van der Waals surface area contributed by atoms with E-state index < -0.39 is 10.0 Å². The highest BCUT2D eigenvalue weighted by Gasteiger charge is 2.23. The van der Waals surface area contributed by atoms with E-state index in [-0.39, 0.29) is 35.6 Å². The summed E-state index contributed by atoms with van der Waals surface area (Å²) in [7, 11) is -2.21. The lowest BCUT2D eigenvalue weighted by atomic mass is 10.00. The third kappa shape index (κ3) is 4.65. The van der Waals surface area contributed by atoms with Crippen LogP contribution in [-0.4, -0.2) is 41.2 Å². The number of hydrogen-bond acceptors (Lipinski definition) is 5. The summed E-state index contributed by atoms with van der Waals surface area (Å²) in [6.07, 6.45) is 0.652. The van der Waals surface area contributed by atoms with Crippen LogP contribution in [0.15, 0.2) is 53.4 Å². The average Bonchev–Trinajstić information content (AvgIpc) is 2.68. The van der Waals surface area contributed by atoms with Crippen LogP contribution in [0.1, 0.15) is 28.4 Å². The number of ether oxygens (including phenoxy) is 2. The van der Waals surface area contributed by atoms with Gasteiger partial charge in [0, 0.05) is 31.2 Å². The lowest BCUT2D eigenvalue weighted by molar-refractivity contribution is 0.0924. The predicted molar refractivity (Wildman–Crippen MR) is 100 cm³/mol. The second-order valence-electron chi connectivity index (χ2n) is 6.12. The van der Waals surface area contributed by atoms with Crippen molar-refractivity contribution in [3.8, 4) is 5.75 Å². The molecule has 1 heterocycles. The zero-order valence-electron chi connectivity index (χ0n) is 15.0. The monoisotopic (exact) mass is 390 g/mol. The number of para-hydroxylation sites is 1. The van der Waals surface area contributed by atoms with E-state index in [4.69, 9.17) is 9.47 Å². The van der Waals surface area contributed by atoms with Crippen LogP contribution in [0.5, 0.6) is 5.75 Å². The van der Waals surface area contributed by atoms with E-state index in [1.165, 1.54) is 19.2 Å². The van der Waals surface area contributed by atoms with Crippen LogP contribution in [0.25, 0.3) is 0 Å². The van der Waals surface area contributed by atoms with Crippen molar-refractivity contribution in [2.45, 2.75) is 17.4 Å². The molecule has 0 bridgehead atoms. The number of sulfonamides is 1. The van der Waals surface area contributed by atoms with Crippen molar-refractivity contribution >= 4 is 15.9 Å². The Kier molecular flexibility index (Phi) is 6.10. The molecule has 1 atom stereocenters. The maximum atomic E-state index is 12.7. The molecule has 2 N–H and O–H groups in total. The van der Waals surface area contributed by atoms with Gasteiger partial charge in [0.25, 0.3) is 5.91 Å². The normalized spacial score (nSPS) is 16.3. The van der Waals surface area contributed by atoms with Crippen LogP contribution < -0.4 is 14.8 Å². The van der Waals surface area contributed by atoms with E-state index in [0.29, 0.717) is 13.0 Å². The molecular formula is C19H22N2O5S. The van der Waals surface area contributed by atoms with E-state index in [0.717, 1.165) is 11.3 Å². The number of carbonyl (C=O) groups excluding carboxylic acids is 1. The van der Waals surface area contributed by atoms with Crippen molar-refractivity contribution in [2.75, 3.05) is 26.9 Å². The number of methoxy groups -OCH3 is 1. The van der Waals surface area contributed by atoms with Gasteiger partial charge in [-0.25, -0.2) is 13.1 Å². The van der Waals surface area contributed by atoms with Gasteiger partial charge in [0.1, 0.15) is 5.75 Å². The van der Waals surface area contributed by atoms with Crippen LogP contribution in [0.2, 0.25) is 0 Å². The lowest BCUT2D eigenvalue weighted by Gasteiger charge is -2.26. The number of benzene rings is 2. The summed E-state index contributed by atoms with van der Waals surface area (Å²) in [6.45, 7) is 0.941. The Labute approximate surface area is 158 Å². The molecule has 2 aromatic rings. The minimum atomic E-state index is -3.70. The van der Waals surface area contributed by atoms with Crippen molar-refractivity contribution in [2.24, 2.45) is 0 Å². The van der Waals surface area contributed by atoms with E-state index in [1.54, 1.807) is 12.1 Å². The molecule has 2 aromatic carbocycles. The molecular weight excluding hydrogens is 368 g/mol. The number of hydrogen-bond donors (Lipinski definition) is 2. The van der Waals surface area contributed by atoms with Crippen molar-refractivity contribution in [1.29, 1.82) is 0 Å². The fraction of sp³-hybridized carbons (Fsp3) is 0.316. The molecule has 27 heavy (non-hydrogen) atoms. The zero-order chi connectivity index (χ0) is 19.3. The maximum absolute atomic E-state index is 12.7. The van der Waals surface area contributed by atoms with Gasteiger partial charge in [-0.05, 0) is 24.3 Å². The van der Waals surface area contributed by atoms with Gasteiger partial charge < -0.3 is 14.8 Å². The minimum Gasteiger partial charge on any atom is -0.493 e. The topological polar surface area (TPSA) is 93.7 Å². The first-order valence-corrected chi connectivity index (χ1v) is 10.1. The smallest absolute Gasteiger partial charge is 0.251 e. The Morgan fingerprint density at radius 3 is 2.85 bits per heavy atom. The minimum absolute atomic E-state index is 0.0404. The molecule has 0 spiro atoms. The Morgan fingerprint density at radius 1 is 1.22 bits per heavy atom. The molecule has 7 nitrogen and oxygen atoms in total. The van der Waals surface area contributed by atoms with Gasteiger partial charge in [0.2, 0.25) is 10.0 Å². The van der Waals surface area contributed by atoms with Crippen molar-refractivity contribution in [1.82, 2.24) is 10.0 Å². The molecule has 1 aliphatic rings. The summed E-state index contributed by atoms with van der Waals surface area (Å²) < 4.78 is 37.5. The Hall–Kier alpha value is -2.42. The van der Waals surface area contributed by atoms with Crippen LogP contribution in [0.4, 0.5) is 0 Å². The molecule has 144 valence electrons. The van der Waals surface area contributed by atoms with Crippen molar-refractivity contribution in [3.63, 3.8) is 0 Å². The molecule has 0 unspecified atom stereocenters. The van der Waals surface area contributed by atoms with Crippen molar-refractivity contribution in [3.05, 3.63) is 59.7 Å². The first-order valence-electron chi connectivity index (χ1n) is 8.62. The quantitative estimate of drug-likeness (QED) is 0.704. The number of fused-ring (bicyclic) bond motifs is 1. The van der Waals surface area contributed by atoms with Crippen molar-refractivity contribution < 1.29 is 22.7 Å². The predicted octanol–water partition coefficient (Wildman–Crippen LogP) is 1.86. The van der Waals surface area contributed by atoms with Crippen LogP contribution in [0, 0.1) is 0 Å². The summed E-state index contributed by atoms with van der Waals surface area (Å²) in [4.78, 5) is 12.7. The number of rotatable bonds is 7. The van der Waals surface area contributed by atoms with E-state index in [1.807, 2.05) is 24.3 Å². The highest BCUT2D eigenvalue weighted by Crippen LogP contribution is 2.31. The lowest BCUT2D eigenvalue weighted by Crippen LogP contribution is -2.32. The second kappa shape index (κ2) is 8.51. The summed E-state index contributed by atoms with van der Waals surface area (Å²) in [5, 5.41) is 2.97. The number of nitrogens with one attached hydrogen (secondary N) is 2. The van der Waals surface area contributed by atoms with E-state index in [9.17, 15) is 13.2 Å². The van der Waals surface area contributed by atoms with Crippen LogP contribution >= 0.6 is 0 Å². The summed E-state index contributed by atoms with van der Waals surface area (Å²) in [5.74, 6) is 0.429. The third-order valence-corrected chi connectivity index (χ3v) is 5.73. The summed E-state index contributed by atoms with van der Waals surface area (Å²) >= 11 is 0. The molecule has 0 radical (unpaired) electrons. The second-order valence-corrected chi connectivity index (χ2v) is 7.89. The van der Waals surface area contributed by atoms with Crippen LogP contribution in [-0.2, 0) is 14.8 Å². The van der Waals surface area contributed by atoms with Gasteiger partial charge in [-0.3, -0.25) is 4.79 Å². The van der Waals surface area contributed by atoms with Gasteiger partial charge in [-0.1, -0.05) is 24.3 Å². The third-order valence-electron chi connectivity index (χ3n) is 4.27. The molecule has 0 aliphatic carbocycles. The highest BCUT2D eigenvalue weighted by atomic mass is 32.2. The van der Waals surface area contributed by atoms with Gasteiger partial charge >= 0.3 is 0 Å². The molecule has 0 aromatic heterocycles. The molecule has 0 fully saturated rings. The summed E-state index contributed by atoms with van der Waals surface area (Å²) in [6, 6.07) is 13.4. The van der Waals surface area contributed by atoms with E-state index in [2.05, 4.69) is 10.0 Å².